The number of nitrogens with one attached hydrogen (secondary N) is 1. The zero-order valence-electron chi connectivity index (χ0n) is 19.5. The highest BCUT2D eigenvalue weighted by atomic mass is 35.5. The minimum atomic E-state index is -5.52. The lowest BCUT2D eigenvalue weighted by Crippen LogP contribution is -2.50. The molecule has 0 aliphatic heterocycles. The van der Waals surface area contributed by atoms with E-state index in [0.29, 0.717) is 9.24 Å². The molecular formula is C20H21ClF4N4O8S2. The molecule has 1 aliphatic rings. The van der Waals surface area contributed by atoms with Crippen LogP contribution in [0.25, 0.3) is 10.9 Å². The van der Waals surface area contributed by atoms with Crippen LogP contribution < -0.4 is 16.7 Å². The fraction of sp³-hybridized carbons (Fsp3) is 0.500. The summed E-state index contributed by atoms with van der Waals surface area (Å²) in [6.45, 7) is -2.54. The SMILES string of the molecule is C#CCn1c(=O)n(NC2CC(O)CC(Cl)C2)c(=O)c2c(CF)c(CSOOO)c([N+](=O)[O-])c(C(F)(F)F)c21.S. The van der Waals surface area contributed by atoms with Crippen LogP contribution in [0, 0.1) is 22.5 Å². The number of aliphatic hydroxyl groups excluding tert-OH is 1. The fourth-order valence-corrected chi connectivity index (χ4v) is 5.42. The van der Waals surface area contributed by atoms with Gasteiger partial charge >= 0.3 is 11.9 Å². The lowest BCUT2D eigenvalue weighted by molar-refractivity contribution is -0.432. The van der Waals surface area contributed by atoms with Crippen LogP contribution in [-0.4, -0.2) is 42.1 Å². The fourth-order valence-electron chi connectivity index (χ4n) is 4.48. The van der Waals surface area contributed by atoms with Gasteiger partial charge in [-0.05, 0) is 19.3 Å². The molecule has 3 N–H and O–H groups in total. The van der Waals surface area contributed by atoms with Crippen LogP contribution in [0.1, 0.15) is 36.0 Å². The normalized spacial score (nSPS) is 19.4. The zero-order valence-corrected chi connectivity index (χ0v) is 22.1. The van der Waals surface area contributed by atoms with Gasteiger partial charge in [0.15, 0.2) is 5.56 Å². The number of fused-ring (bicyclic) bond motifs is 1. The highest BCUT2D eigenvalue weighted by Crippen LogP contribution is 2.45. The third-order valence-electron chi connectivity index (χ3n) is 5.84. The molecule has 0 radical (unpaired) electrons. The van der Waals surface area contributed by atoms with Gasteiger partial charge in [-0.25, -0.2) is 14.4 Å². The molecule has 3 rings (SSSR count). The summed E-state index contributed by atoms with van der Waals surface area (Å²) < 4.78 is 62.2. The molecule has 19 heteroatoms. The van der Waals surface area contributed by atoms with Gasteiger partial charge in [-0.1, -0.05) is 11.0 Å². The van der Waals surface area contributed by atoms with Gasteiger partial charge in [0.2, 0.25) is 0 Å². The second-order valence-corrected chi connectivity index (χ2v) is 9.47. The number of aliphatic hydroxyl groups is 1. The van der Waals surface area contributed by atoms with Crippen molar-refractivity contribution in [2.45, 2.75) is 61.9 Å². The largest absolute Gasteiger partial charge is 0.425 e. The van der Waals surface area contributed by atoms with Crippen molar-refractivity contribution in [2.24, 2.45) is 0 Å². The number of hydrogen-bond donors (Lipinski definition) is 3. The highest BCUT2D eigenvalue weighted by Gasteiger charge is 2.45. The predicted molar refractivity (Wildman–Crippen MR) is 137 cm³/mol. The molecule has 39 heavy (non-hydrogen) atoms. The third-order valence-corrected chi connectivity index (χ3v) is 6.76. The van der Waals surface area contributed by atoms with E-state index in [1.807, 2.05) is 5.92 Å². The Balaban J connectivity index is 0.00000533. The van der Waals surface area contributed by atoms with Crippen molar-refractivity contribution >= 4 is 53.7 Å². The number of nitrogens with zero attached hydrogens (tertiary/aromatic N) is 3. The number of hydrogen-bond acceptors (Lipinski definition) is 10. The number of halogens is 5. The molecule has 1 aliphatic carbocycles. The Labute approximate surface area is 232 Å². The maximum Gasteiger partial charge on any atom is 0.425 e. The first-order valence-electron chi connectivity index (χ1n) is 10.6. The minimum absolute atomic E-state index is 0. The maximum absolute atomic E-state index is 14.4. The molecule has 0 bridgehead atoms. The van der Waals surface area contributed by atoms with Crippen LogP contribution in [0.15, 0.2) is 9.59 Å². The van der Waals surface area contributed by atoms with Gasteiger partial charge in [0.25, 0.3) is 11.2 Å². The highest BCUT2D eigenvalue weighted by molar-refractivity contribution is 7.93. The minimum Gasteiger partial charge on any atom is -0.393 e. The van der Waals surface area contributed by atoms with Gasteiger partial charge in [-0.3, -0.25) is 19.5 Å². The summed E-state index contributed by atoms with van der Waals surface area (Å²) in [5, 5.41) is 32.0. The monoisotopic (exact) mass is 620 g/mol. The number of nitro benzene ring substituents is 1. The Kier molecular flexibility index (Phi) is 11.1. The lowest BCUT2D eigenvalue weighted by Gasteiger charge is -2.31. The third kappa shape index (κ3) is 6.62. The molecule has 0 saturated heterocycles. The van der Waals surface area contributed by atoms with Gasteiger partial charge in [-0.2, -0.15) is 31.3 Å². The zero-order chi connectivity index (χ0) is 28.4. The second kappa shape index (κ2) is 13.2. The Morgan fingerprint density at radius 3 is 2.46 bits per heavy atom. The summed E-state index contributed by atoms with van der Waals surface area (Å²) in [4.78, 5) is 37.2. The van der Waals surface area contributed by atoms with Crippen molar-refractivity contribution in [3.8, 4) is 12.3 Å². The summed E-state index contributed by atoms with van der Waals surface area (Å²) >= 11 is 6.17. The van der Waals surface area contributed by atoms with Crippen LogP contribution >= 0.6 is 37.1 Å². The van der Waals surface area contributed by atoms with E-state index in [-0.39, 0.29) is 44.8 Å². The molecule has 3 atom stereocenters. The molecule has 3 unspecified atom stereocenters. The molecule has 1 aromatic carbocycles. The molecule has 2 aromatic rings. The van der Waals surface area contributed by atoms with E-state index in [1.54, 1.807) is 0 Å². The average molecular weight is 621 g/mol. The molecule has 0 amide bonds. The van der Waals surface area contributed by atoms with Gasteiger partial charge < -0.3 is 10.5 Å². The Hall–Kier alpha value is -2.53. The first kappa shape index (κ1) is 32.7. The summed E-state index contributed by atoms with van der Waals surface area (Å²) in [5.41, 5.74) is -6.96. The lowest BCUT2D eigenvalue weighted by atomic mass is 9.93. The van der Waals surface area contributed by atoms with Gasteiger partial charge in [0, 0.05) is 34.6 Å². The maximum atomic E-state index is 14.4. The van der Waals surface area contributed by atoms with Crippen LogP contribution in [0.2, 0.25) is 0 Å². The van der Waals surface area contributed by atoms with Gasteiger partial charge in [0.05, 0.1) is 34.2 Å². The van der Waals surface area contributed by atoms with E-state index < -0.39 is 92.1 Å². The Morgan fingerprint density at radius 1 is 1.28 bits per heavy atom. The first-order chi connectivity index (χ1) is 17.9. The van der Waals surface area contributed by atoms with E-state index in [4.69, 9.17) is 23.3 Å². The van der Waals surface area contributed by atoms with Crippen molar-refractivity contribution in [2.75, 3.05) is 5.43 Å². The van der Waals surface area contributed by atoms with Crippen LogP contribution in [0.4, 0.5) is 23.2 Å². The molecule has 216 valence electrons. The first-order valence-corrected chi connectivity index (χ1v) is 12.0. The second-order valence-electron chi connectivity index (χ2n) is 8.20. The number of aromatic nitrogens is 2. The summed E-state index contributed by atoms with van der Waals surface area (Å²) in [6.07, 6.45) is -0.778. The smallest absolute Gasteiger partial charge is 0.393 e. The average Bonchev–Trinajstić information content (AvgIpc) is 2.82. The number of alkyl halides is 5. The van der Waals surface area contributed by atoms with Gasteiger partial charge in [0.1, 0.15) is 6.67 Å². The standard InChI is InChI=1S/C20H19ClF4N4O8S.H2S/c1-2-3-27-17-14(18(31)28(19(27)32)26-10-4-9(21)5-11(30)6-10)12(7-22)13(8-38-37-36-35)16(29(33)34)15(17)20(23,24)25;/h1,9-11,26,30,35H,3-8H2;1H2. The number of rotatable bonds is 9. The molecule has 12 nitrogen and oxygen atoms in total. The number of terminal acetylenes is 1. The molecule has 0 spiro atoms. The van der Waals surface area contributed by atoms with E-state index in [2.05, 4.69) is 14.8 Å². The van der Waals surface area contributed by atoms with Gasteiger partial charge in [-0.15, -0.1) is 22.4 Å². The summed E-state index contributed by atoms with van der Waals surface area (Å²) in [5.74, 6) is 1.09. The molecular weight excluding hydrogens is 600 g/mol. The van der Waals surface area contributed by atoms with Crippen LogP contribution in [-0.2, 0) is 34.5 Å². The van der Waals surface area contributed by atoms with E-state index >= 15 is 0 Å². The van der Waals surface area contributed by atoms with E-state index in [1.165, 1.54) is 0 Å². The van der Waals surface area contributed by atoms with Crippen molar-refractivity contribution in [1.82, 2.24) is 9.24 Å². The molecule has 1 aromatic heterocycles. The van der Waals surface area contributed by atoms with E-state index in [9.17, 15) is 42.4 Å². The topological polar surface area (TPSA) is 158 Å². The Bertz CT molecular complexity index is 1390. The van der Waals surface area contributed by atoms with E-state index in [0.717, 1.165) is 0 Å². The van der Waals surface area contributed by atoms with Crippen molar-refractivity contribution in [3.63, 3.8) is 0 Å². The number of benzene rings is 1. The van der Waals surface area contributed by atoms with Crippen LogP contribution in [0.5, 0.6) is 0 Å². The van der Waals surface area contributed by atoms with Crippen molar-refractivity contribution in [3.05, 3.63) is 47.6 Å². The predicted octanol–water partition coefficient (Wildman–Crippen LogP) is 2.94. The quantitative estimate of drug-likeness (QED) is 0.0556. The Morgan fingerprint density at radius 2 is 1.95 bits per heavy atom. The van der Waals surface area contributed by atoms with Crippen LogP contribution in [0.3, 0.4) is 0 Å². The summed E-state index contributed by atoms with van der Waals surface area (Å²) in [6, 6.07) is -0.789. The van der Waals surface area contributed by atoms with Crippen molar-refractivity contribution < 1.29 is 42.2 Å². The van der Waals surface area contributed by atoms with Crippen molar-refractivity contribution in [1.29, 1.82) is 0 Å². The molecule has 1 heterocycles. The molecule has 1 fully saturated rings. The molecule has 1 saturated carbocycles. The summed E-state index contributed by atoms with van der Waals surface area (Å²) in [7, 11) is 0. The number of nitro groups is 1.